The molecule has 0 aromatic carbocycles. The van der Waals surface area contributed by atoms with Crippen LogP contribution in [0.5, 0.6) is 0 Å². The second kappa shape index (κ2) is 5.93. The number of hydrogen-bond donors (Lipinski definition) is 2. The van der Waals surface area contributed by atoms with Crippen molar-refractivity contribution in [2.45, 2.75) is 25.7 Å². The van der Waals surface area contributed by atoms with E-state index in [2.05, 4.69) is 15.3 Å². The van der Waals surface area contributed by atoms with Crippen molar-refractivity contribution in [3.8, 4) is 0 Å². The summed E-state index contributed by atoms with van der Waals surface area (Å²) in [4.78, 5) is 31.2. The minimum atomic E-state index is -1.16. The number of amides is 1. The number of carboxylic acid groups (broad SMARTS) is 1. The molecule has 2 aromatic heterocycles. The van der Waals surface area contributed by atoms with Gasteiger partial charge in [0.1, 0.15) is 5.69 Å². The van der Waals surface area contributed by atoms with Gasteiger partial charge in [0.2, 0.25) is 0 Å². The van der Waals surface area contributed by atoms with E-state index in [4.69, 9.17) is 5.11 Å². The molecule has 2 aromatic rings. The lowest BCUT2D eigenvalue weighted by Crippen LogP contribution is -2.15. The zero-order valence-electron chi connectivity index (χ0n) is 11.9. The minimum Gasteiger partial charge on any atom is -0.477 e. The number of pyridine rings is 2. The van der Waals surface area contributed by atoms with Crippen LogP contribution in [0.3, 0.4) is 0 Å². The standard InChI is InChI=1S/C16H15N3O3/c20-15(11-5-6-17-14(8-11)16(21)22)19-12-7-10-3-1-2-4-13(10)18-9-12/h5-9H,1-4H2,(H,19,20)(H,21,22). The molecule has 3 rings (SSSR count). The SMILES string of the molecule is O=C(Nc1cnc2c(c1)CCCC2)c1ccnc(C(=O)O)c1. The van der Waals surface area contributed by atoms with Crippen molar-refractivity contribution >= 4 is 17.6 Å². The quantitative estimate of drug-likeness (QED) is 0.907. The molecule has 0 radical (unpaired) electrons. The summed E-state index contributed by atoms with van der Waals surface area (Å²) in [5.74, 6) is -1.53. The number of anilines is 1. The molecule has 2 heterocycles. The first-order chi connectivity index (χ1) is 10.6. The molecule has 0 atom stereocenters. The van der Waals surface area contributed by atoms with Gasteiger partial charge in [-0.15, -0.1) is 0 Å². The Labute approximate surface area is 127 Å². The van der Waals surface area contributed by atoms with Crippen LogP contribution in [0, 0.1) is 0 Å². The smallest absolute Gasteiger partial charge is 0.354 e. The lowest BCUT2D eigenvalue weighted by atomic mass is 9.96. The van der Waals surface area contributed by atoms with Crippen LogP contribution in [0.2, 0.25) is 0 Å². The maximum atomic E-state index is 12.2. The van der Waals surface area contributed by atoms with E-state index in [1.807, 2.05) is 6.07 Å². The summed E-state index contributed by atoms with van der Waals surface area (Å²) in [6.07, 6.45) is 7.20. The Bertz CT molecular complexity index is 743. The van der Waals surface area contributed by atoms with E-state index in [1.165, 1.54) is 23.9 Å². The Kier molecular flexibility index (Phi) is 3.82. The lowest BCUT2D eigenvalue weighted by Gasteiger charge is -2.15. The Hall–Kier alpha value is -2.76. The summed E-state index contributed by atoms with van der Waals surface area (Å²) >= 11 is 0. The largest absolute Gasteiger partial charge is 0.477 e. The maximum Gasteiger partial charge on any atom is 0.354 e. The van der Waals surface area contributed by atoms with Gasteiger partial charge in [0.15, 0.2) is 0 Å². The average molecular weight is 297 g/mol. The van der Waals surface area contributed by atoms with Crippen LogP contribution in [-0.2, 0) is 12.8 Å². The number of carbonyl (C=O) groups is 2. The van der Waals surface area contributed by atoms with Crippen molar-refractivity contribution < 1.29 is 14.7 Å². The van der Waals surface area contributed by atoms with Gasteiger partial charge in [-0.2, -0.15) is 0 Å². The predicted molar refractivity (Wildman–Crippen MR) is 80.0 cm³/mol. The fraction of sp³-hybridized carbons (Fsp3) is 0.250. The molecule has 0 unspecified atom stereocenters. The molecule has 6 heteroatoms. The molecule has 0 bridgehead atoms. The van der Waals surface area contributed by atoms with E-state index in [9.17, 15) is 9.59 Å². The molecular formula is C16H15N3O3. The summed E-state index contributed by atoms with van der Waals surface area (Å²) < 4.78 is 0. The first kappa shape index (κ1) is 14.2. The summed E-state index contributed by atoms with van der Waals surface area (Å²) in [6, 6.07) is 4.68. The number of carboxylic acids is 1. The highest BCUT2D eigenvalue weighted by Gasteiger charge is 2.14. The molecule has 1 amide bonds. The second-order valence-electron chi connectivity index (χ2n) is 5.23. The Morgan fingerprint density at radius 2 is 1.95 bits per heavy atom. The highest BCUT2D eigenvalue weighted by Crippen LogP contribution is 2.22. The molecule has 0 aliphatic heterocycles. The number of nitrogens with zero attached hydrogens (tertiary/aromatic N) is 2. The third kappa shape index (κ3) is 2.95. The van der Waals surface area contributed by atoms with Crippen LogP contribution >= 0.6 is 0 Å². The van der Waals surface area contributed by atoms with Crippen molar-refractivity contribution in [1.82, 2.24) is 9.97 Å². The van der Waals surface area contributed by atoms with Crippen LogP contribution in [0.15, 0.2) is 30.6 Å². The summed E-state index contributed by atoms with van der Waals surface area (Å²) in [6.45, 7) is 0. The average Bonchev–Trinajstić information content (AvgIpc) is 2.55. The molecule has 1 aliphatic rings. The van der Waals surface area contributed by atoms with Gasteiger partial charge < -0.3 is 10.4 Å². The van der Waals surface area contributed by atoms with Crippen molar-refractivity contribution in [1.29, 1.82) is 0 Å². The van der Waals surface area contributed by atoms with Crippen LogP contribution in [0.4, 0.5) is 5.69 Å². The Balaban J connectivity index is 1.79. The molecule has 2 N–H and O–H groups in total. The Morgan fingerprint density at radius 3 is 2.77 bits per heavy atom. The van der Waals surface area contributed by atoms with Gasteiger partial charge in [-0.05, 0) is 49.4 Å². The van der Waals surface area contributed by atoms with E-state index in [0.29, 0.717) is 5.69 Å². The second-order valence-corrected chi connectivity index (χ2v) is 5.23. The molecule has 1 aliphatic carbocycles. The predicted octanol–water partition coefficient (Wildman–Crippen LogP) is 2.31. The highest BCUT2D eigenvalue weighted by molar-refractivity contribution is 6.05. The molecule has 6 nitrogen and oxygen atoms in total. The first-order valence-electron chi connectivity index (χ1n) is 7.12. The molecule has 0 spiro atoms. The van der Waals surface area contributed by atoms with E-state index in [0.717, 1.165) is 31.4 Å². The number of nitrogens with one attached hydrogen (secondary N) is 1. The van der Waals surface area contributed by atoms with Gasteiger partial charge in [-0.25, -0.2) is 9.78 Å². The molecular weight excluding hydrogens is 282 g/mol. The first-order valence-corrected chi connectivity index (χ1v) is 7.12. The van der Waals surface area contributed by atoms with Gasteiger partial charge in [-0.3, -0.25) is 9.78 Å². The fourth-order valence-electron chi connectivity index (χ4n) is 2.55. The van der Waals surface area contributed by atoms with E-state index < -0.39 is 5.97 Å². The van der Waals surface area contributed by atoms with Crippen molar-refractivity contribution in [2.75, 3.05) is 5.32 Å². The number of aromatic carboxylic acids is 1. The van der Waals surface area contributed by atoms with Crippen molar-refractivity contribution in [3.05, 3.63) is 53.1 Å². The number of rotatable bonds is 3. The fourth-order valence-corrected chi connectivity index (χ4v) is 2.55. The minimum absolute atomic E-state index is 0.156. The van der Waals surface area contributed by atoms with Gasteiger partial charge in [0.05, 0.1) is 11.9 Å². The van der Waals surface area contributed by atoms with Crippen LogP contribution in [0.25, 0.3) is 0 Å². The molecule has 112 valence electrons. The van der Waals surface area contributed by atoms with Crippen molar-refractivity contribution in [3.63, 3.8) is 0 Å². The van der Waals surface area contributed by atoms with E-state index in [1.54, 1.807) is 6.20 Å². The third-order valence-corrected chi connectivity index (χ3v) is 3.67. The van der Waals surface area contributed by atoms with E-state index >= 15 is 0 Å². The summed E-state index contributed by atoms with van der Waals surface area (Å²) in [5.41, 5.74) is 2.99. The van der Waals surface area contributed by atoms with Crippen molar-refractivity contribution in [2.24, 2.45) is 0 Å². The lowest BCUT2D eigenvalue weighted by molar-refractivity contribution is 0.0690. The number of fused-ring (bicyclic) bond motifs is 1. The monoisotopic (exact) mass is 297 g/mol. The van der Waals surface area contributed by atoms with Gasteiger partial charge >= 0.3 is 5.97 Å². The zero-order valence-corrected chi connectivity index (χ0v) is 11.9. The van der Waals surface area contributed by atoms with Gasteiger partial charge in [0, 0.05) is 17.5 Å². The normalized spacial score (nSPS) is 13.3. The zero-order chi connectivity index (χ0) is 15.5. The van der Waals surface area contributed by atoms with Gasteiger partial charge in [0.25, 0.3) is 5.91 Å². The van der Waals surface area contributed by atoms with Crippen LogP contribution in [-0.4, -0.2) is 27.0 Å². The Morgan fingerprint density at radius 1 is 1.14 bits per heavy atom. The molecule has 0 saturated heterocycles. The van der Waals surface area contributed by atoms with Crippen LogP contribution in [0.1, 0.15) is 44.9 Å². The molecule has 22 heavy (non-hydrogen) atoms. The number of carbonyl (C=O) groups excluding carboxylic acids is 1. The highest BCUT2D eigenvalue weighted by atomic mass is 16.4. The molecule has 0 fully saturated rings. The van der Waals surface area contributed by atoms with Gasteiger partial charge in [-0.1, -0.05) is 0 Å². The number of aromatic nitrogens is 2. The third-order valence-electron chi connectivity index (χ3n) is 3.67. The topological polar surface area (TPSA) is 92.2 Å². The van der Waals surface area contributed by atoms with Crippen LogP contribution < -0.4 is 5.32 Å². The summed E-state index contributed by atoms with van der Waals surface area (Å²) in [7, 11) is 0. The maximum absolute atomic E-state index is 12.2. The number of hydrogen-bond acceptors (Lipinski definition) is 4. The molecule has 0 saturated carbocycles. The van der Waals surface area contributed by atoms with E-state index in [-0.39, 0.29) is 17.2 Å². The summed E-state index contributed by atoms with van der Waals surface area (Å²) in [5, 5.41) is 11.7. The number of aryl methyl sites for hydroxylation is 2.